The third-order valence-corrected chi connectivity index (χ3v) is 5.73. The van der Waals surface area contributed by atoms with Crippen LogP contribution in [0.2, 0.25) is 0 Å². The number of nitrogens with one attached hydrogen (secondary N) is 1. The van der Waals surface area contributed by atoms with Crippen molar-refractivity contribution in [2.45, 2.75) is 52.9 Å². The van der Waals surface area contributed by atoms with Gasteiger partial charge in [0.25, 0.3) is 10.2 Å². The monoisotopic (exact) mass is 320 g/mol. The van der Waals surface area contributed by atoms with E-state index in [4.69, 9.17) is 5.11 Å². The first kappa shape index (κ1) is 18.4. The van der Waals surface area contributed by atoms with E-state index >= 15 is 0 Å². The van der Waals surface area contributed by atoms with E-state index in [0.29, 0.717) is 32.5 Å². The molecule has 0 radical (unpaired) electrons. The highest BCUT2D eigenvalue weighted by atomic mass is 32.2. The molecule has 0 saturated carbocycles. The molecule has 1 heterocycles. The number of carboxylic acid groups (broad SMARTS) is 1. The van der Waals surface area contributed by atoms with E-state index in [0.717, 1.165) is 12.8 Å². The first-order valence-corrected chi connectivity index (χ1v) is 9.03. The van der Waals surface area contributed by atoms with Crippen molar-refractivity contribution >= 4 is 16.2 Å². The molecule has 1 atom stereocenters. The van der Waals surface area contributed by atoms with Gasteiger partial charge in [-0.25, -0.2) is 4.72 Å². The maximum absolute atomic E-state index is 12.1. The topological polar surface area (TPSA) is 86.7 Å². The number of nitrogens with zero attached hydrogens (tertiary/aromatic N) is 1. The Hall–Kier alpha value is -0.660. The van der Waals surface area contributed by atoms with E-state index in [1.165, 1.54) is 4.31 Å². The fourth-order valence-electron chi connectivity index (χ4n) is 2.69. The van der Waals surface area contributed by atoms with Crippen molar-refractivity contribution < 1.29 is 18.3 Å². The van der Waals surface area contributed by atoms with Crippen LogP contribution in [-0.4, -0.2) is 43.4 Å². The minimum Gasteiger partial charge on any atom is -0.481 e. The van der Waals surface area contributed by atoms with Crippen LogP contribution in [0.1, 0.15) is 52.9 Å². The summed E-state index contributed by atoms with van der Waals surface area (Å²) in [7, 11) is -3.37. The molecular weight excluding hydrogens is 292 g/mol. The predicted molar refractivity (Wildman–Crippen MR) is 82.2 cm³/mol. The largest absolute Gasteiger partial charge is 0.481 e. The molecule has 0 amide bonds. The summed E-state index contributed by atoms with van der Waals surface area (Å²) in [5.74, 6) is -0.628. The lowest BCUT2D eigenvalue weighted by molar-refractivity contribution is -0.137. The van der Waals surface area contributed by atoms with Crippen LogP contribution in [-0.2, 0) is 15.0 Å². The Kier molecular flexibility index (Phi) is 6.62. The maximum atomic E-state index is 12.1. The van der Waals surface area contributed by atoms with Crippen LogP contribution in [0, 0.1) is 11.3 Å². The Balaban J connectivity index is 2.47. The van der Waals surface area contributed by atoms with Gasteiger partial charge in [0.15, 0.2) is 0 Å². The predicted octanol–water partition coefficient (Wildman–Crippen LogP) is 1.83. The number of carboxylic acids is 1. The second-order valence-corrected chi connectivity index (χ2v) is 8.54. The molecule has 21 heavy (non-hydrogen) atoms. The van der Waals surface area contributed by atoms with Gasteiger partial charge in [0.2, 0.25) is 0 Å². The van der Waals surface area contributed by atoms with Crippen LogP contribution in [0.4, 0.5) is 0 Å². The molecule has 1 aliphatic heterocycles. The number of hydrogen-bond donors (Lipinski definition) is 2. The van der Waals surface area contributed by atoms with Crippen molar-refractivity contribution in [1.82, 2.24) is 9.03 Å². The normalized spacial score (nSPS) is 18.8. The third-order valence-electron chi connectivity index (χ3n) is 4.11. The van der Waals surface area contributed by atoms with Gasteiger partial charge in [-0.3, -0.25) is 4.79 Å². The first-order chi connectivity index (χ1) is 9.63. The van der Waals surface area contributed by atoms with Crippen LogP contribution in [0.25, 0.3) is 0 Å². The number of hydrogen-bond acceptors (Lipinski definition) is 3. The molecule has 0 aromatic carbocycles. The first-order valence-electron chi connectivity index (χ1n) is 7.59. The molecule has 1 unspecified atom stereocenters. The summed E-state index contributed by atoms with van der Waals surface area (Å²) in [5.41, 5.74) is -0.0332. The molecule has 1 saturated heterocycles. The Morgan fingerprint density at radius 1 is 1.24 bits per heavy atom. The summed E-state index contributed by atoms with van der Waals surface area (Å²) in [4.78, 5) is 10.7. The van der Waals surface area contributed by atoms with Crippen molar-refractivity contribution in [1.29, 1.82) is 0 Å². The average Bonchev–Trinajstić information content (AvgIpc) is 2.85. The number of aliphatic carboxylic acids is 1. The van der Waals surface area contributed by atoms with E-state index in [-0.39, 0.29) is 17.8 Å². The molecule has 1 aliphatic rings. The van der Waals surface area contributed by atoms with Gasteiger partial charge in [-0.2, -0.15) is 12.7 Å². The zero-order valence-electron chi connectivity index (χ0n) is 13.3. The van der Waals surface area contributed by atoms with Gasteiger partial charge in [0.1, 0.15) is 0 Å². The second kappa shape index (κ2) is 7.56. The molecule has 1 fully saturated rings. The summed E-state index contributed by atoms with van der Waals surface area (Å²) in [6.45, 7) is 7.74. The minimum atomic E-state index is -3.37. The summed E-state index contributed by atoms with van der Waals surface area (Å²) in [5, 5.41) is 8.81. The zero-order chi connectivity index (χ0) is 16.1. The zero-order valence-corrected chi connectivity index (χ0v) is 14.1. The molecule has 124 valence electrons. The fourth-order valence-corrected chi connectivity index (χ4v) is 3.99. The summed E-state index contributed by atoms with van der Waals surface area (Å²) in [6.07, 6.45) is 3.20. The SMILES string of the molecule is CC(C)(C)C(CCNS(=O)(=O)N1CCCC1)CCC(=O)O. The van der Waals surface area contributed by atoms with Crippen LogP contribution in [0.15, 0.2) is 0 Å². The summed E-state index contributed by atoms with van der Waals surface area (Å²) >= 11 is 0. The summed E-state index contributed by atoms with van der Waals surface area (Å²) < 4.78 is 28.2. The van der Waals surface area contributed by atoms with Gasteiger partial charge in [0.05, 0.1) is 0 Å². The van der Waals surface area contributed by atoms with E-state index in [1.54, 1.807) is 0 Å². The van der Waals surface area contributed by atoms with Gasteiger partial charge in [-0.15, -0.1) is 0 Å². The van der Waals surface area contributed by atoms with Crippen molar-refractivity contribution in [3.8, 4) is 0 Å². The molecule has 0 aromatic heterocycles. The quantitative estimate of drug-likeness (QED) is 0.714. The molecule has 0 bridgehead atoms. The molecule has 2 N–H and O–H groups in total. The van der Waals surface area contributed by atoms with Crippen molar-refractivity contribution in [2.24, 2.45) is 11.3 Å². The van der Waals surface area contributed by atoms with Crippen molar-refractivity contribution in [2.75, 3.05) is 19.6 Å². The minimum absolute atomic E-state index is 0.0332. The molecule has 6 nitrogen and oxygen atoms in total. The van der Waals surface area contributed by atoms with Crippen molar-refractivity contribution in [3.05, 3.63) is 0 Å². The molecule has 0 spiro atoms. The Morgan fingerprint density at radius 2 is 1.81 bits per heavy atom. The van der Waals surface area contributed by atoms with E-state index in [1.807, 2.05) is 0 Å². The van der Waals surface area contributed by atoms with Crippen molar-refractivity contribution in [3.63, 3.8) is 0 Å². The van der Waals surface area contributed by atoms with Crippen LogP contribution >= 0.6 is 0 Å². The van der Waals surface area contributed by atoms with Gasteiger partial charge < -0.3 is 5.11 Å². The smallest absolute Gasteiger partial charge is 0.303 e. The van der Waals surface area contributed by atoms with Gasteiger partial charge in [-0.1, -0.05) is 20.8 Å². The van der Waals surface area contributed by atoms with E-state index in [9.17, 15) is 13.2 Å². The highest BCUT2D eigenvalue weighted by molar-refractivity contribution is 7.87. The van der Waals surface area contributed by atoms with Gasteiger partial charge in [0, 0.05) is 26.1 Å². The Morgan fingerprint density at radius 3 is 2.29 bits per heavy atom. The number of rotatable bonds is 8. The van der Waals surface area contributed by atoms with Crippen LogP contribution < -0.4 is 4.72 Å². The Bertz CT molecular complexity index is 436. The second-order valence-electron chi connectivity index (χ2n) is 6.79. The van der Waals surface area contributed by atoms with Crippen LogP contribution in [0.5, 0.6) is 0 Å². The highest BCUT2D eigenvalue weighted by Gasteiger charge is 2.27. The maximum Gasteiger partial charge on any atom is 0.303 e. The third kappa shape index (κ3) is 6.32. The summed E-state index contributed by atoms with van der Waals surface area (Å²) in [6, 6.07) is 0. The van der Waals surface area contributed by atoms with E-state index < -0.39 is 16.2 Å². The highest BCUT2D eigenvalue weighted by Crippen LogP contribution is 2.32. The molecule has 1 rings (SSSR count). The molecule has 0 aliphatic carbocycles. The van der Waals surface area contributed by atoms with E-state index in [2.05, 4.69) is 25.5 Å². The lowest BCUT2D eigenvalue weighted by atomic mass is 9.76. The standard InChI is InChI=1S/C14H28N2O4S/c1-14(2,3)12(6-7-13(17)18)8-9-15-21(19,20)16-10-4-5-11-16/h12,15H,4-11H2,1-3H3,(H,17,18). The number of carbonyl (C=O) groups is 1. The van der Waals surface area contributed by atoms with Gasteiger partial charge >= 0.3 is 5.97 Å². The average molecular weight is 320 g/mol. The lowest BCUT2D eigenvalue weighted by Crippen LogP contribution is -2.40. The molecule has 0 aromatic rings. The van der Waals surface area contributed by atoms with Crippen LogP contribution in [0.3, 0.4) is 0 Å². The Labute approximate surface area is 128 Å². The lowest BCUT2D eigenvalue weighted by Gasteiger charge is -2.30. The fraction of sp³-hybridized carbons (Fsp3) is 0.929. The van der Waals surface area contributed by atoms with Gasteiger partial charge in [-0.05, 0) is 37.0 Å². The molecular formula is C14H28N2O4S. The molecule has 7 heteroatoms.